The third kappa shape index (κ3) is 3.48. The monoisotopic (exact) mass is 453 g/mol. The molecule has 0 N–H and O–H groups in total. The van der Waals surface area contributed by atoms with E-state index in [4.69, 9.17) is 11.6 Å². The Hall–Kier alpha value is -4.11. The number of hydrogen-bond acceptors (Lipinski definition) is 5. The number of nitro groups is 1. The summed E-state index contributed by atoms with van der Waals surface area (Å²) in [5, 5.41) is 12.7. The van der Waals surface area contributed by atoms with Crippen molar-refractivity contribution in [3.8, 4) is 0 Å². The zero-order chi connectivity index (χ0) is 23.0. The lowest BCUT2D eigenvalue weighted by Gasteiger charge is -2.30. The number of hydrazine groups is 1. The standard InChI is InChI=1S/C22H13ClFN3O5/c23-16-9-3-2-7-14(16)20(28)25(12-13-6-1-4-10-17(13)24)26-21(29)15-8-5-11-18(27(31)32)19(15)22(26)30/h1-11H,12H2. The molecule has 3 amide bonds. The van der Waals surface area contributed by atoms with Gasteiger partial charge in [-0.15, -0.1) is 0 Å². The highest BCUT2D eigenvalue weighted by molar-refractivity contribution is 6.34. The number of fused-ring (bicyclic) bond motifs is 1. The second kappa shape index (κ2) is 8.20. The first-order chi connectivity index (χ1) is 15.3. The SMILES string of the molecule is O=C(c1ccccc1Cl)N(Cc1ccccc1F)N1C(=O)c2cccc([N+](=O)[O-])c2C1=O. The first kappa shape index (κ1) is 21.1. The van der Waals surface area contributed by atoms with Crippen LogP contribution in [-0.4, -0.2) is 32.7 Å². The van der Waals surface area contributed by atoms with Gasteiger partial charge in [0.05, 0.1) is 27.6 Å². The fourth-order valence-electron chi connectivity index (χ4n) is 3.42. The third-order valence-electron chi connectivity index (χ3n) is 4.93. The van der Waals surface area contributed by atoms with Crippen LogP contribution in [0.15, 0.2) is 66.7 Å². The normalized spacial score (nSPS) is 12.6. The van der Waals surface area contributed by atoms with Crippen molar-refractivity contribution < 1.29 is 23.7 Å². The fraction of sp³-hybridized carbons (Fsp3) is 0.0455. The van der Waals surface area contributed by atoms with Crippen LogP contribution in [-0.2, 0) is 6.54 Å². The van der Waals surface area contributed by atoms with Crippen LogP contribution in [0.4, 0.5) is 10.1 Å². The summed E-state index contributed by atoms with van der Waals surface area (Å²) in [6, 6.07) is 15.1. The summed E-state index contributed by atoms with van der Waals surface area (Å²) in [6.07, 6.45) is 0. The van der Waals surface area contributed by atoms with E-state index in [0.29, 0.717) is 5.01 Å². The molecule has 0 bridgehead atoms. The van der Waals surface area contributed by atoms with E-state index in [0.717, 1.165) is 11.1 Å². The highest BCUT2D eigenvalue weighted by Crippen LogP contribution is 2.33. The summed E-state index contributed by atoms with van der Waals surface area (Å²) in [5.74, 6) is -3.51. The van der Waals surface area contributed by atoms with E-state index in [9.17, 15) is 28.9 Å². The van der Waals surface area contributed by atoms with Crippen molar-refractivity contribution in [2.24, 2.45) is 0 Å². The third-order valence-corrected chi connectivity index (χ3v) is 5.26. The van der Waals surface area contributed by atoms with Crippen LogP contribution in [0.1, 0.15) is 36.6 Å². The Bertz CT molecular complexity index is 1300. The number of benzene rings is 3. The van der Waals surface area contributed by atoms with Crippen LogP contribution < -0.4 is 0 Å². The maximum atomic E-state index is 14.4. The summed E-state index contributed by atoms with van der Waals surface area (Å²) < 4.78 is 14.4. The van der Waals surface area contributed by atoms with Gasteiger partial charge in [-0.25, -0.2) is 9.40 Å². The van der Waals surface area contributed by atoms with Gasteiger partial charge in [-0.3, -0.25) is 24.5 Å². The Morgan fingerprint density at radius 3 is 2.38 bits per heavy atom. The molecule has 1 heterocycles. The van der Waals surface area contributed by atoms with E-state index >= 15 is 0 Å². The Balaban J connectivity index is 1.84. The predicted molar refractivity (Wildman–Crippen MR) is 111 cm³/mol. The molecule has 0 aromatic heterocycles. The molecule has 1 aliphatic heterocycles. The number of carbonyl (C=O) groups excluding carboxylic acids is 3. The number of carbonyl (C=O) groups is 3. The Morgan fingerprint density at radius 2 is 1.69 bits per heavy atom. The van der Waals surface area contributed by atoms with Crippen molar-refractivity contribution in [2.75, 3.05) is 0 Å². The highest BCUT2D eigenvalue weighted by atomic mass is 35.5. The zero-order valence-electron chi connectivity index (χ0n) is 16.2. The van der Waals surface area contributed by atoms with Crippen LogP contribution in [0.5, 0.6) is 0 Å². The van der Waals surface area contributed by atoms with Gasteiger partial charge in [0, 0.05) is 11.6 Å². The quantitative estimate of drug-likeness (QED) is 0.327. The van der Waals surface area contributed by atoms with Crippen LogP contribution in [0.3, 0.4) is 0 Å². The molecule has 0 atom stereocenters. The number of halogens is 2. The van der Waals surface area contributed by atoms with Gasteiger partial charge in [0.1, 0.15) is 11.4 Å². The largest absolute Gasteiger partial charge is 0.287 e. The molecule has 0 saturated carbocycles. The Morgan fingerprint density at radius 1 is 1.00 bits per heavy atom. The molecule has 160 valence electrons. The lowest BCUT2D eigenvalue weighted by molar-refractivity contribution is -0.385. The van der Waals surface area contributed by atoms with Crippen molar-refractivity contribution >= 4 is 35.0 Å². The number of amides is 3. The molecule has 3 aromatic carbocycles. The summed E-state index contributed by atoms with van der Waals surface area (Å²) in [4.78, 5) is 50.2. The number of hydrogen-bond donors (Lipinski definition) is 0. The number of nitro benzene ring substituents is 1. The molecule has 0 radical (unpaired) electrons. The van der Waals surface area contributed by atoms with Gasteiger partial charge in [0.25, 0.3) is 23.4 Å². The Kier molecular flexibility index (Phi) is 5.41. The van der Waals surface area contributed by atoms with Gasteiger partial charge in [0.15, 0.2) is 0 Å². The van der Waals surface area contributed by atoms with Crippen molar-refractivity contribution in [1.82, 2.24) is 10.0 Å². The van der Waals surface area contributed by atoms with Gasteiger partial charge in [-0.05, 0) is 24.3 Å². The average Bonchev–Trinajstić information content (AvgIpc) is 3.03. The van der Waals surface area contributed by atoms with E-state index in [1.807, 2.05) is 0 Å². The lowest BCUT2D eigenvalue weighted by Crippen LogP contribution is -2.49. The molecule has 1 aliphatic rings. The van der Waals surface area contributed by atoms with Crippen LogP contribution in [0.2, 0.25) is 5.02 Å². The van der Waals surface area contributed by atoms with Gasteiger partial charge in [0.2, 0.25) is 0 Å². The summed E-state index contributed by atoms with van der Waals surface area (Å²) in [5.41, 5.74) is -1.24. The number of imide groups is 1. The highest BCUT2D eigenvalue weighted by Gasteiger charge is 2.46. The first-order valence-electron chi connectivity index (χ1n) is 9.27. The lowest BCUT2D eigenvalue weighted by atomic mass is 10.1. The number of rotatable bonds is 5. The molecule has 32 heavy (non-hydrogen) atoms. The molecule has 8 nitrogen and oxygen atoms in total. The molecule has 10 heteroatoms. The fourth-order valence-corrected chi connectivity index (χ4v) is 3.64. The van der Waals surface area contributed by atoms with Crippen LogP contribution in [0.25, 0.3) is 0 Å². The van der Waals surface area contributed by atoms with Crippen molar-refractivity contribution in [3.63, 3.8) is 0 Å². The van der Waals surface area contributed by atoms with Gasteiger partial charge >= 0.3 is 0 Å². The zero-order valence-corrected chi connectivity index (χ0v) is 17.0. The minimum absolute atomic E-state index is 0.0268. The maximum absolute atomic E-state index is 14.4. The Labute approximate surface area is 185 Å². The van der Waals surface area contributed by atoms with Gasteiger partial charge in [-0.2, -0.15) is 5.01 Å². The topological polar surface area (TPSA) is 101 Å². The second-order valence-corrected chi connectivity index (χ2v) is 7.22. The van der Waals surface area contributed by atoms with Crippen molar-refractivity contribution in [3.05, 3.63) is 110 Å². The minimum Gasteiger partial charge on any atom is -0.267 e. The molecule has 0 aliphatic carbocycles. The van der Waals surface area contributed by atoms with E-state index < -0.39 is 46.3 Å². The summed E-state index contributed by atoms with van der Waals surface area (Å²) >= 11 is 6.13. The van der Waals surface area contributed by atoms with Crippen molar-refractivity contribution in [1.29, 1.82) is 0 Å². The molecule has 0 spiro atoms. The average molecular weight is 454 g/mol. The van der Waals surface area contributed by atoms with Gasteiger partial charge < -0.3 is 0 Å². The molecule has 0 unspecified atom stereocenters. The van der Waals surface area contributed by atoms with Crippen molar-refractivity contribution in [2.45, 2.75) is 6.54 Å². The smallest absolute Gasteiger partial charge is 0.267 e. The summed E-state index contributed by atoms with van der Waals surface area (Å²) in [6.45, 7) is -0.490. The molecule has 3 aromatic rings. The maximum Gasteiger partial charge on any atom is 0.287 e. The van der Waals surface area contributed by atoms with E-state index in [1.165, 1.54) is 54.6 Å². The van der Waals surface area contributed by atoms with E-state index in [1.54, 1.807) is 6.07 Å². The molecular weight excluding hydrogens is 441 g/mol. The summed E-state index contributed by atoms with van der Waals surface area (Å²) in [7, 11) is 0. The van der Waals surface area contributed by atoms with Crippen LogP contribution >= 0.6 is 11.6 Å². The molecule has 0 fully saturated rings. The van der Waals surface area contributed by atoms with E-state index in [2.05, 4.69) is 0 Å². The van der Waals surface area contributed by atoms with Crippen LogP contribution in [0, 0.1) is 15.9 Å². The predicted octanol–water partition coefficient (Wildman–Crippen LogP) is 4.24. The minimum atomic E-state index is -1.06. The molecule has 4 rings (SSSR count). The number of nitrogens with zero attached hydrogens (tertiary/aromatic N) is 3. The molecular formula is C22H13ClFN3O5. The molecule has 0 saturated heterocycles. The van der Waals surface area contributed by atoms with E-state index in [-0.39, 0.29) is 21.7 Å². The van der Waals surface area contributed by atoms with Gasteiger partial charge in [-0.1, -0.05) is 48.0 Å². The first-order valence-corrected chi connectivity index (χ1v) is 9.65. The second-order valence-electron chi connectivity index (χ2n) is 6.81.